The lowest BCUT2D eigenvalue weighted by Crippen LogP contribution is -2.31. The third kappa shape index (κ3) is 4.71. The summed E-state index contributed by atoms with van der Waals surface area (Å²) in [6.45, 7) is 2.98. The van der Waals surface area contributed by atoms with Gasteiger partial charge in [0.25, 0.3) is 5.91 Å². The van der Waals surface area contributed by atoms with E-state index >= 15 is 0 Å². The molecule has 130 valence electrons. The second-order valence-electron chi connectivity index (χ2n) is 6.09. The van der Waals surface area contributed by atoms with Gasteiger partial charge in [-0.2, -0.15) is 0 Å². The first kappa shape index (κ1) is 18.3. The first-order chi connectivity index (χ1) is 11.4. The topological polar surface area (TPSA) is 86.7 Å². The minimum Gasteiger partial charge on any atom is -0.481 e. The van der Waals surface area contributed by atoms with Crippen LogP contribution >= 0.6 is 11.6 Å². The number of amides is 2. The van der Waals surface area contributed by atoms with Crippen molar-refractivity contribution in [2.24, 2.45) is 11.8 Å². The van der Waals surface area contributed by atoms with Gasteiger partial charge in [0.05, 0.1) is 5.92 Å². The van der Waals surface area contributed by atoms with Crippen LogP contribution in [0.25, 0.3) is 0 Å². The van der Waals surface area contributed by atoms with Crippen molar-refractivity contribution < 1.29 is 19.5 Å². The molecular weight excluding hydrogens is 332 g/mol. The fourth-order valence-corrected chi connectivity index (χ4v) is 2.92. The third-order valence-electron chi connectivity index (χ3n) is 4.24. The summed E-state index contributed by atoms with van der Waals surface area (Å²) in [5.41, 5.74) is 0.517. The van der Waals surface area contributed by atoms with Gasteiger partial charge < -0.3 is 15.3 Å². The Kier molecular flexibility index (Phi) is 6.20. The Bertz CT molecular complexity index is 618. The lowest BCUT2D eigenvalue weighted by atomic mass is 9.99. The van der Waals surface area contributed by atoms with Gasteiger partial charge in [0.15, 0.2) is 0 Å². The number of carbonyl (C=O) groups is 3. The SMILES string of the molecule is C[C@@H]1CN(C(=O)CCCNC(=O)c2ccc(Cl)cc2)C[C@H]1C(=O)O. The van der Waals surface area contributed by atoms with E-state index < -0.39 is 11.9 Å². The van der Waals surface area contributed by atoms with E-state index in [1.165, 1.54) is 0 Å². The van der Waals surface area contributed by atoms with Gasteiger partial charge in [-0.25, -0.2) is 0 Å². The van der Waals surface area contributed by atoms with Crippen molar-refractivity contribution in [1.82, 2.24) is 10.2 Å². The molecule has 2 N–H and O–H groups in total. The highest BCUT2D eigenvalue weighted by Crippen LogP contribution is 2.23. The zero-order valence-electron chi connectivity index (χ0n) is 13.5. The van der Waals surface area contributed by atoms with Crippen LogP contribution in [0.15, 0.2) is 24.3 Å². The summed E-state index contributed by atoms with van der Waals surface area (Å²) < 4.78 is 0. The number of aliphatic carboxylic acids is 1. The molecule has 24 heavy (non-hydrogen) atoms. The van der Waals surface area contributed by atoms with Gasteiger partial charge in [-0.3, -0.25) is 14.4 Å². The van der Waals surface area contributed by atoms with Gasteiger partial charge in [-0.1, -0.05) is 18.5 Å². The molecule has 1 aromatic carbocycles. The van der Waals surface area contributed by atoms with E-state index in [1.807, 2.05) is 6.92 Å². The van der Waals surface area contributed by atoms with Gasteiger partial charge in [-0.05, 0) is 36.6 Å². The average molecular weight is 353 g/mol. The Morgan fingerprint density at radius 1 is 1.25 bits per heavy atom. The summed E-state index contributed by atoms with van der Waals surface area (Å²) in [5, 5.41) is 12.4. The third-order valence-corrected chi connectivity index (χ3v) is 4.49. The van der Waals surface area contributed by atoms with Gasteiger partial charge in [0.2, 0.25) is 5.91 Å². The Hall–Kier alpha value is -2.08. The fraction of sp³-hybridized carbons (Fsp3) is 0.471. The van der Waals surface area contributed by atoms with E-state index in [9.17, 15) is 14.4 Å². The highest BCUT2D eigenvalue weighted by Gasteiger charge is 2.36. The maximum Gasteiger partial charge on any atom is 0.308 e. The Labute approximate surface area is 145 Å². The smallest absolute Gasteiger partial charge is 0.308 e. The summed E-state index contributed by atoms with van der Waals surface area (Å²) in [6.07, 6.45) is 0.806. The Morgan fingerprint density at radius 3 is 2.50 bits per heavy atom. The molecule has 0 spiro atoms. The van der Waals surface area contributed by atoms with Crippen LogP contribution in [0.4, 0.5) is 0 Å². The van der Waals surface area contributed by atoms with Crippen LogP contribution < -0.4 is 5.32 Å². The monoisotopic (exact) mass is 352 g/mol. The highest BCUT2D eigenvalue weighted by molar-refractivity contribution is 6.30. The van der Waals surface area contributed by atoms with E-state index in [0.717, 1.165) is 0 Å². The molecule has 1 aliphatic rings. The fourth-order valence-electron chi connectivity index (χ4n) is 2.79. The van der Waals surface area contributed by atoms with Gasteiger partial charge in [-0.15, -0.1) is 0 Å². The minimum atomic E-state index is -0.854. The molecule has 1 saturated heterocycles. The molecule has 7 heteroatoms. The molecule has 0 radical (unpaired) electrons. The Balaban J connectivity index is 1.70. The maximum absolute atomic E-state index is 12.1. The van der Waals surface area contributed by atoms with Crippen LogP contribution in [0.2, 0.25) is 5.02 Å². The quantitative estimate of drug-likeness (QED) is 0.767. The van der Waals surface area contributed by atoms with Crippen LogP contribution in [0.5, 0.6) is 0 Å². The van der Waals surface area contributed by atoms with E-state index in [1.54, 1.807) is 29.2 Å². The molecule has 2 atom stereocenters. The van der Waals surface area contributed by atoms with Crippen molar-refractivity contribution in [3.63, 3.8) is 0 Å². The van der Waals surface area contributed by atoms with E-state index in [4.69, 9.17) is 16.7 Å². The molecule has 0 aliphatic carbocycles. The maximum atomic E-state index is 12.1. The number of hydrogen-bond acceptors (Lipinski definition) is 3. The van der Waals surface area contributed by atoms with E-state index in [-0.39, 0.29) is 24.3 Å². The molecule has 2 rings (SSSR count). The second kappa shape index (κ2) is 8.15. The molecule has 1 aromatic rings. The molecule has 1 heterocycles. The van der Waals surface area contributed by atoms with E-state index in [2.05, 4.69) is 5.32 Å². The number of likely N-dealkylation sites (tertiary alicyclic amines) is 1. The van der Waals surface area contributed by atoms with Crippen molar-refractivity contribution in [3.8, 4) is 0 Å². The van der Waals surface area contributed by atoms with Gasteiger partial charge in [0.1, 0.15) is 0 Å². The molecule has 0 aromatic heterocycles. The zero-order valence-corrected chi connectivity index (χ0v) is 14.3. The number of hydrogen-bond donors (Lipinski definition) is 2. The molecule has 2 amide bonds. The van der Waals surface area contributed by atoms with Crippen LogP contribution in [0.1, 0.15) is 30.1 Å². The summed E-state index contributed by atoms with van der Waals surface area (Å²) in [7, 11) is 0. The number of carbonyl (C=O) groups excluding carboxylic acids is 2. The second-order valence-corrected chi connectivity index (χ2v) is 6.52. The van der Waals surface area contributed by atoms with Crippen LogP contribution in [-0.2, 0) is 9.59 Å². The molecule has 0 saturated carbocycles. The lowest BCUT2D eigenvalue weighted by molar-refractivity contribution is -0.142. The summed E-state index contributed by atoms with van der Waals surface area (Å²) in [6, 6.07) is 6.57. The van der Waals surface area contributed by atoms with Gasteiger partial charge >= 0.3 is 5.97 Å². The van der Waals surface area contributed by atoms with Crippen LogP contribution in [-0.4, -0.2) is 47.4 Å². The largest absolute Gasteiger partial charge is 0.481 e. The van der Waals surface area contributed by atoms with Crippen LogP contribution in [0.3, 0.4) is 0 Å². The molecule has 0 bridgehead atoms. The first-order valence-corrected chi connectivity index (χ1v) is 8.30. The Morgan fingerprint density at radius 2 is 1.92 bits per heavy atom. The number of benzene rings is 1. The van der Waals surface area contributed by atoms with Crippen molar-refractivity contribution in [2.45, 2.75) is 19.8 Å². The predicted molar refractivity (Wildman–Crippen MR) is 89.9 cm³/mol. The van der Waals surface area contributed by atoms with Crippen LogP contribution in [0, 0.1) is 11.8 Å². The van der Waals surface area contributed by atoms with Crippen molar-refractivity contribution in [2.75, 3.05) is 19.6 Å². The van der Waals surface area contributed by atoms with Crippen molar-refractivity contribution in [1.29, 1.82) is 0 Å². The molecule has 1 aliphatic heterocycles. The summed E-state index contributed by atoms with van der Waals surface area (Å²) in [4.78, 5) is 36.7. The molecule has 6 nitrogen and oxygen atoms in total. The number of halogens is 1. The number of rotatable bonds is 6. The molecule has 0 unspecified atom stereocenters. The number of carboxylic acids is 1. The first-order valence-electron chi connectivity index (χ1n) is 7.93. The zero-order chi connectivity index (χ0) is 17.7. The average Bonchev–Trinajstić information content (AvgIpc) is 2.94. The number of nitrogens with one attached hydrogen (secondary N) is 1. The van der Waals surface area contributed by atoms with Crippen molar-refractivity contribution >= 4 is 29.4 Å². The standard InChI is InChI=1S/C17H21ClN2O4/c1-11-9-20(10-14(11)17(23)24)15(21)3-2-8-19-16(22)12-4-6-13(18)7-5-12/h4-7,11,14H,2-3,8-10H2,1H3,(H,19,22)(H,23,24)/t11-,14-/m1/s1. The molecule has 1 fully saturated rings. The summed E-state index contributed by atoms with van der Waals surface area (Å²) in [5.74, 6) is -1.64. The predicted octanol–water partition coefficient (Wildman–Crippen LogP) is 2.03. The number of nitrogens with zero attached hydrogens (tertiary/aromatic N) is 1. The van der Waals surface area contributed by atoms with E-state index in [0.29, 0.717) is 36.5 Å². The number of carboxylic acid groups (broad SMARTS) is 1. The lowest BCUT2D eigenvalue weighted by Gasteiger charge is -2.15. The normalized spacial score (nSPS) is 20.0. The minimum absolute atomic E-state index is 0.0314. The highest BCUT2D eigenvalue weighted by atomic mass is 35.5. The molecular formula is C17H21ClN2O4. The van der Waals surface area contributed by atoms with Gasteiger partial charge in [0, 0.05) is 36.6 Å². The summed E-state index contributed by atoms with van der Waals surface area (Å²) >= 11 is 5.77. The van der Waals surface area contributed by atoms with Crippen molar-refractivity contribution in [3.05, 3.63) is 34.9 Å².